The highest BCUT2D eigenvalue weighted by atomic mass is 32.1. The van der Waals surface area contributed by atoms with E-state index in [1.54, 1.807) is 42.6 Å². The van der Waals surface area contributed by atoms with Gasteiger partial charge in [-0.2, -0.15) is 0 Å². The van der Waals surface area contributed by atoms with Gasteiger partial charge in [0.05, 0.1) is 17.3 Å². The maximum atomic E-state index is 13.6. The fourth-order valence-electron chi connectivity index (χ4n) is 4.17. The zero-order valence-corrected chi connectivity index (χ0v) is 18.1. The average molecular weight is 459 g/mol. The highest BCUT2D eigenvalue weighted by Gasteiger charge is 2.42. The zero-order chi connectivity index (χ0) is 22.9. The van der Waals surface area contributed by atoms with E-state index in [4.69, 9.17) is 12.2 Å². The first-order valence-corrected chi connectivity index (χ1v) is 10.7. The Morgan fingerprint density at radius 2 is 1.70 bits per heavy atom. The normalized spacial score (nSPS) is 17.7. The second-order valence-corrected chi connectivity index (χ2v) is 8.01. The molecule has 0 radical (unpaired) electrons. The molecule has 2 aromatic heterocycles. The summed E-state index contributed by atoms with van der Waals surface area (Å²) in [6.07, 6.45) is 3.66. The quantitative estimate of drug-likeness (QED) is 0.415. The number of carboxylic acids is 1. The third kappa shape index (κ3) is 3.85. The minimum absolute atomic E-state index is 0.218. The average Bonchev–Trinajstić information content (AvgIpc) is 3.44. The van der Waals surface area contributed by atoms with E-state index in [0.29, 0.717) is 5.11 Å². The number of nitrogens with one attached hydrogen (secondary N) is 1. The SMILES string of the molecule is O=C(O)c1ccc(-n2cccc2[C@H]2[C@H](c3ccccn3)NC(=S)N2c2ccc(F)cc2)cc1. The number of halogens is 1. The number of benzene rings is 2. The lowest BCUT2D eigenvalue weighted by Crippen LogP contribution is -2.30. The lowest BCUT2D eigenvalue weighted by atomic mass is 10.0. The van der Waals surface area contributed by atoms with Crippen LogP contribution in [0, 0.1) is 5.82 Å². The predicted octanol–water partition coefficient (Wildman–Crippen LogP) is 4.89. The third-order valence-corrected chi connectivity index (χ3v) is 5.99. The van der Waals surface area contributed by atoms with Crippen molar-refractivity contribution < 1.29 is 14.3 Å². The molecule has 1 aliphatic rings. The third-order valence-electron chi connectivity index (χ3n) is 5.68. The van der Waals surface area contributed by atoms with Crippen LogP contribution in [0.2, 0.25) is 0 Å². The molecule has 164 valence electrons. The van der Waals surface area contributed by atoms with Crippen LogP contribution < -0.4 is 10.2 Å². The van der Waals surface area contributed by atoms with Crippen LogP contribution in [0.1, 0.15) is 33.8 Å². The molecule has 0 spiro atoms. The molecule has 2 atom stereocenters. The lowest BCUT2D eigenvalue weighted by molar-refractivity contribution is 0.0697. The highest BCUT2D eigenvalue weighted by Crippen LogP contribution is 2.42. The monoisotopic (exact) mass is 458 g/mol. The number of carboxylic acid groups (broad SMARTS) is 1. The van der Waals surface area contributed by atoms with Crippen LogP contribution >= 0.6 is 12.2 Å². The fourth-order valence-corrected chi connectivity index (χ4v) is 4.52. The Balaban J connectivity index is 1.63. The van der Waals surface area contributed by atoms with Crippen LogP contribution in [-0.2, 0) is 0 Å². The Kier molecular flexibility index (Phi) is 5.35. The molecule has 5 rings (SSSR count). The van der Waals surface area contributed by atoms with Gasteiger partial charge >= 0.3 is 5.97 Å². The number of carbonyl (C=O) groups is 1. The van der Waals surface area contributed by atoms with Gasteiger partial charge in [0.25, 0.3) is 0 Å². The molecular weight excluding hydrogens is 439 g/mol. The molecule has 2 N–H and O–H groups in total. The first kappa shape index (κ1) is 20.8. The molecule has 1 saturated heterocycles. The van der Waals surface area contributed by atoms with Crippen LogP contribution in [-0.4, -0.2) is 25.7 Å². The van der Waals surface area contributed by atoms with Crippen LogP contribution in [0.5, 0.6) is 0 Å². The first-order valence-electron chi connectivity index (χ1n) is 10.3. The van der Waals surface area contributed by atoms with E-state index in [0.717, 1.165) is 22.8 Å². The molecule has 0 unspecified atom stereocenters. The van der Waals surface area contributed by atoms with Gasteiger partial charge in [-0.15, -0.1) is 0 Å². The van der Waals surface area contributed by atoms with E-state index in [2.05, 4.69) is 10.3 Å². The minimum atomic E-state index is -0.975. The maximum absolute atomic E-state index is 13.6. The lowest BCUT2D eigenvalue weighted by Gasteiger charge is -2.29. The number of rotatable bonds is 5. The summed E-state index contributed by atoms with van der Waals surface area (Å²) in [4.78, 5) is 17.8. The second-order valence-electron chi connectivity index (χ2n) is 7.63. The van der Waals surface area contributed by atoms with E-state index in [1.165, 1.54) is 12.1 Å². The number of anilines is 1. The van der Waals surface area contributed by atoms with Crippen LogP contribution in [0.3, 0.4) is 0 Å². The van der Waals surface area contributed by atoms with Crippen LogP contribution in [0.4, 0.5) is 10.1 Å². The number of hydrogen-bond acceptors (Lipinski definition) is 3. The fraction of sp³-hybridized carbons (Fsp3) is 0.0800. The van der Waals surface area contributed by atoms with Gasteiger partial charge in [0.15, 0.2) is 5.11 Å². The van der Waals surface area contributed by atoms with Gasteiger partial charge in [0.1, 0.15) is 11.9 Å². The highest BCUT2D eigenvalue weighted by molar-refractivity contribution is 7.80. The molecule has 3 heterocycles. The van der Waals surface area contributed by atoms with Gasteiger partial charge in [0.2, 0.25) is 0 Å². The van der Waals surface area contributed by atoms with Gasteiger partial charge in [-0.05, 0) is 85.0 Å². The molecule has 0 amide bonds. The van der Waals surface area contributed by atoms with Crippen molar-refractivity contribution in [1.82, 2.24) is 14.9 Å². The van der Waals surface area contributed by atoms with E-state index in [-0.39, 0.29) is 23.5 Å². The topological polar surface area (TPSA) is 70.4 Å². The molecule has 1 aliphatic heterocycles. The van der Waals surface area contributed by atoms with E-state index >= 15 is 0 Å². The van der Waals surface area contributed by atoms with E-state index in [1.807, 2.05) is 46.0 Å². The molecule has 33 heavy (non-hydrogen) atoms. The molecule has 4 aromatic rings. The van der Waals surface area contributed by atoms with Gasteiger partial charge < -0.3 is 19.9 Å². The summed E-state index contributed by atoms with van der Waals surface area (Å²) >= 11 is 5.71. The van der Waals surface area contributed by atoms with Crippen molar-refractivity contribution in [2.45, 2.75) is 12.1 Å². The van der Waals surface area contributed by atoms with Crippen LogP contribution in [0.15, 0.2) is 91.3 Å². The summed E-state index contributed by atoms with van der Waals surface area (Å²) in [5.74, 6) is -1.30. The van der Waals surface area contributed by atoms with Gasteiger partial charge in [-0.25, -0.2) is 9.18 Å². The number of hydrogen-bond donors (Lipinski definition) is 2. The van der Waals surface area contributed by atoms with Crippen molar-refractivity contribution in [3.8, 4) is 5.69 Å². The molecule has 2 aromatic carbocycles. The summed E-state index contributed by atoms with van der Waals surface area (Å²) in [7, 11) is 0. The Morgan fingerprint density at radius 1 is 0.970 bits per heavy atom. The Labute approximate surface area is 194 Å². The number of pyridine rings is 1. The Bertz CT molecular complexity index is 1310. The van der Waals surface area contributed by atoms with Crippen molar-refractivity contribution in [1.29, 1.82) is 0 Å². The standard InChI is InChI=1S/C25H19FN4O2S/c26-17-8-12-19(13-9-17)30-23(22(28-25(30)33)20-4-1-2-14-27-20)21-5-3-15-29(21)18-10-6-16(7-11-18)24(31)32/h1-15,22-23H,(H,28,33)(H,31,32)/t22-,23-/m0/s1. The Morgan fingerprint density at radius 3 is 2.36 bits per heavy atom. The van der Waals surface area contributed by atoms with Crippen molar-refractivity contribution in [2.75, 3.05) is 4.90 Å². The summed E-state index contributed by atoms with van der Waals surface area (Å²) in [5.41, 5.74) is 3.53. The van der Waals surface area contributed by atoms with Crippen LogP contribution in [0.25, 0.3) is 5.69 Å². The van der Waals surface area contributed by atoms with Gasteiger partial charge in [0, 0.05) is 29.5 Å². The van der Waals surface area contributed by atoms with Crippen molar-refractivity contribution in [2.24, 2.45) is 0 Å². The smallest absolute Gasteiger partial charge is 0.335 e. The number of aromatic nitrogens is 2. The summed E-state index contributed by atoms with van der Waals surface area (Å²) < 4.78 is 15.6. The molecule has 0 bridgehead atoms. The number of nitrogens with zero attached hydrogens (tertiary/aromatic N) is 3. The molecule has 8 heteroatoms. The molecule has 6 nitrogen and oxygen atoms in total. The van der Waals surface area contributed by atoms with E-state index < -0.39 is 5.97 Å². The van der Waals surface area contributed by atoms with Crippen molar-refractivity contribution in [3.63, 3.8) is 0 Å². The van der Waals surface area contributed by atoms with Crippen molar-refractivity contribution >= 4 is 29.0 Å². The largest absolute Gasteiger partial charge is 0.478 e. The summed E-state index contributed by atoms with van der Waals surface area (Å²) in [6, 6.07) is 22.0. The van der Waals surface area contributed by atoms with Gasteiger partial charge in [-0.1, -0.05) is 6.07 Å². The second kappa shape index (κ2) is 8.48. The van der Waals surface area contributed by atoms with Gasteiger partial charge in [-0.3, -0.25) is 4.98 Å². The van der Waals surface area contributed by atoms with Crippen molar-refractivity contribution in [3.05, 3.63) is 114 Å². The maximum Gasteiger partial charge on any atom is 0.335 e. The summed E-state index contributed by atoms with van der Waals surface area (Å²) in [6.45, 7) is 0. The molecule has 0 saturated carbocycles. The molecule has 1 fully saturated rings. The van der Waals surface area contributed by atoms with E-state index in [9.17, 15) is 14.3 Å². The first-order chi connectivity index (χ1) is 16.0. The minimum Gasteiger partial charge on any atom is -0.478 e. The molecular formula is C25H19FN4O2S. The number of aromatic carboxylic acids is 1. The summed E-state index contributed by atoms with van der Waals surface area (Å²) in [5, 5.41) is 13.1. The Hall–Kier alpha value is -4.04. The predicted molar refractivity (Wildman–Crippen MR) is 127 cm³/mol. The number of thiocarbonyl (C=S) groups is 1. The molecule has 0 aliphatic carbocycles. The zero-order valence-electron chi connectivity index (χ0n) is 17.3.